The number of rotatable bonds is 6. The van der Waals surface area contributed by atoms with Crippen molar-refractivity contribution in [3.05, 3.63) is 27.2 Å². The van der Waals surface area contributed by atoms with E-state index in [0.717, 1.165) is 0 Å². The molecule has 1 aromatic carbocycles. The van der Waals surface area contributed by atoms with Crippen LogP contribution in [-0.2, 0) is 14.3 Å². The third-order valence-corrected chi connectivity index (χ3v) is 2.61. The van der Waals surface area contributed by atoms with E-state index in [0.29, 0.717) is 18.2 Å². The van der Waals surface area contributed by atoms with E-state index < -0.39 is 5.97 Å². The van der Waals surface area contributed by atoms with Crippen molar-refractivity contribution in [1.29, 1.82) is 0 Å². The SMILES string of the molecule is COCCOCC(=O)Oc1c(Cl)cc(Cl)cc1Cl. The summed E-state index contributed by atoms with van der Waals surface area (Å²) in [6, 6.07) is 2.87. The second-order valence-corrected chi connectivity index (χ2v) is 4.47. The number of esters is 1. The van der Waals surface area contributed by atoms with Gasteiger partial charge in [-0.25, -0.2) is 4.79 Å². The third kappa shape index (κ3) is 5.00. The van der Waals surface area contributed by atoms with Crippen molar-refractivity contribution >= 4 is 40.8 Å². The normalized spacial score (nSPS) is 10.4. The van der Waals surface area contributed by atoms with Gasteiger partial charge in [0, 0.05) is 12.1 Å². The summed E-state index contributed by atoms with van der Waals surface area (Å²) in [6.07, 6.45) is 0. The Morgan fingerprint density at radius 1 is 1.17 bits per heavy atom. The Morgan fingerprint density at radius 2 is 1.78 bits per heavy atom. The molecule has 18 heavy (non-hydrogen) atoms. The summed E-state index contributed by atoms with van der Waals surface area (Å²) in [6.45, 7) is 0.488. The number of carbonyl (C=O) groups is 1. The summed E-state index contributed by atoms with van der Waals surface area (Å²) in [5.41, 5.74) is 0. The molecule has 0 aromatic heterocycles. The van der Waals surface area contributed by atoms with Crippen LogP contribution < -0.4 is 4.74 Å². The fraction of sp³-hybridized carbons (Fsp3) is 0.364. The van der Waals surface area contributed by atoms with Crippen LogP contribution in [-0.4, -0.2) is 32.9 Å². The quantitative estimate of drug-likeness (QED) is 0.459. The molecule has 0 aliphatic carbocycles. The number of methoxy groups -OCH3 is 1. The Kier molecular flexibility index (Phi) is 6.75. The van der Waals surface area contributed by atoms with Crippen LogP contribution >= 0.6 is 34.8 Å². The maximum Gasteiger partial charge on any atom is 0.337 e. The number of carbonyl (C=O) groups excluding carboxylic acids is 1. The first kappa shape index (κ1) is 15.5. The van der Waals surface area contributed by atoms with Crippen molar-refractivity contribution < 1.29 is 19.0 Å². The van der Waals surface area contributed by atoms with E-state index in [-0.39, 0.29) is 22.4 Å². The van der Waals surface area contributed by atoms with Crippen LogP contribution in [0.4, 0.5) is 0 Å². The van der Waals surface area contributed by atoms with Gasteiger partial charge in [-0.1, -0.05) is 34.8 Å². The van der Waals surface area contributed by atoms with Crippen LogP contribution in [0.1, 0.15) is 0 Å². The summed E-state index contributed by atoms with van der Waals surface area (Å²) in [7, 11) is 1.54. The lowest BCUT2D eigenvalue weighted by atomic mass is 10.3. The molecular weight excluding hydrogens is 302 g/mol. The molecule has 100 valence electrons. The average molecular weight is 314 g/mol. The van der Waals surface area contributed by atoms with E-state index in [1.54, 1.807) is 0 Å². The first-order valence-electron chi connectivity index (χ1n) is 4.96. The van der Waals surface area contributed by atoms with E-state index in [9.17, 15) is 4.79 Å². The molecule has 0 saturated heterocycles. The van der Waals surface area contributed by atoms with Gasteiger partial charge in [0.1, 0.15) is 6.61 Å². The van der Waals surface area contributed by atoms with E-state index in [2.05, 4.69) is 0 Å². The Bertz CT molecular complexity index is 400. The minimum absolute atomic E-state index is 0.0723. The highest BCUT2D eigenvalue weighted by Crippen LogP contribution is 2.35. The maximum absolute atomic E-state index is 11.4. The topological polar surface area (TPSA) is 44.8 Å². The number of hydrogen-bond acceptors (Lipinski definition) is 4. The zero-order chi connectivity index (χ0) is 13.5. The minimum Gasteiger partial charge on any atom is -0.422 e. The highest BCUT2D eigenvalue weighted by molar-refractivity contribution is 6.40. The van der Waals surface area contributed by atoms with Crippen LogP contribution in [0.2, 0.25) is 15.1 Å². The molecule has 7 heteroatoms. The van der Waals surface area contributed by atoms with Crippen LogP contribution in [0, 0.1) is 0 Å². The lowest BCUT2D eigenvalue weighted by Gasteiger charge is -2.09. The van der Waals surface area contributed by atoms with Gasteiger partial charge in [0.05, 0.1) is 23.3 Å². The molecule has 0 heterocycles. The maximum atomic E-state index is 11.4. The van der Waals surface area contributed by atoms with Gasteiger partial charge in [-0.3, -0.25) is 0 Å². The molecule has 0 radical (unpaired) electrons. The zero-order valence-electron chi connectivity index (χ0n) is 9.54. The number of halogens is 3. The van der Waals surface area contributed by atoms with Crippen molar-refractivity contribution in [2.75, 3.05) is 26.9 Å². The van der Waals surface area contributed by atoms with Gasteiger partial charge in [0.25, 0.3) is 0 Å². The molecule has 0 amide bonds. The molecule has 0 aliphatic rings. The smallest absolute Gasteiger partial charge is 0.337 e. The summed E-state index contributed by atoms with van der Waals surface area (Å²) in [5.74, 6) is -0.527. The van der Waals surface area contributed by atoms with Crippen molar-refractivity contribution in [1.82, 2.24) is 0 Å². The predicted molar refractivity (Wildman–Crippen MR) is 69.8 cm³/mol. The number of hydrogen-bond donors (Lipinski definition) is 0. The molecule has 0 saturated carbocycles. The van der Waals surface area contributed by atoms with E-state index in [1.165, 1.54) is 19.2 Å². The van der Waals surface area contributed by atoms with Crippen LogP contribution in [0.5, 0.6) is 5.75 Å². The lowest BCUT2D eigenvalue weighted by molar-refractivity contribution is -0.139. The van der Waals surface area contributed by atoms with Gasteiger partial charge >= 0.3 is 5.97 Å². The van der Waals surface area contributed by atoms with E-state index in [4.69, 9.17) is 49.0 Å². The molecule has 0 N–H and O–H groups in total. The van der Waals surface area contributed by atoms with Gasteiger partial charge in [0.15, 0.2) is 5.75 Å². The number of ether oxygens (including phenoxy) is 3. The standard InChI is InChI=1S/C11H11Cl3O4/c1-16-2-3-17-6-10(15)18-11-8(13)4-7(12)5-9(11)14/h4-5H,2-3,6H2,1H3. The van der Waals surface area contributed by atoms with Crippen LogP contribution in [0.25, 0.3) is 0 Å². The fourth-order valence-corrected chi connectivity index (χ4v) is 1.96. The van der Waals surface area contributed by atoms with Crippen molar-refractivity contribution in [2.24, 2.45) is 0 Å². The number of benzene rings is 1. The Labute approximate surface area is 120 Å². The van der Waals surface area contributed by atoms with Gasteiger partial charge in [-0.15, -0.1) is 0 Å². The first-order valence-corrected chi connectivity index (χ1v) is 6.10. The highest BCUT2D eigenvalue weighted by atomic mass is 35.5. The Balaban J connectivity index is 2.54. The molecule has 0 aliphatic heterocycles. The largest absolute Gasteiger partial charge is 0.422 e. The van der Waals surface area contributed by atoms with Gasteiger partial charge in [0.2, 0.25) is 0 Å². The van der Waals surface area contributed by atoms with Crippen molar-refractivity contribution in [2.45, 2.75) is 0 Å². The molecule has 0 fully saturated rings. The van der Waals surface area contributed by atoms with E-state index in [1.807, 2.05) is 0 Å². The molecule has 0 bridgehead atoms. The monoisotopic (exact) mass is 312 g/mol. The van der Waals surface area contributed by atoms with Gasteiger partial charge in [-0.2, -0.15) is 0 Å². The summed E-state index contributed by atoms with van der Waals surface area (Å²) in [4.78, 5) is 11.4. The molecule has 4 nitrogen and oxygen atoms in total. The van der Waals surface area contributed by atoms with Crippen LogP contribution in [0.15, 0.2) is 12.1 Å². The molecule has 0 atom stereocenters. The second-order valence-electron chi connectivity index (χ2n) is 3.22. The molecule has 1 rings (SSSR count). The third-order valence-electron chi connectivity index (χ3n) is 1.83. The lowest BCUT2D eigenvalue weighted by Crippen LogP contribution is -2.17. The van der Waals surface area contributed by atoms with Crippen molar-refractivity contribution in [3.63, 3.8) is 0 Å². The van der Waals surface area contributed by atoms with Crippen LogP contribution in [0.3, 0.4) is 0 Å². The summed E-state index contributed by atoms with van der Waals surface area (Å²) in [5, 5.41) is 0.691. The first-order chi connectivity index (χ1) is 8.54. The second kappa shape index (κ2) is 7.81. The fourth-order valence-electron chi connectivity index (χ4n) is 1.07. The van der Waals surface area contributed by atoms with E-state index >= 15 is 0 Å². The molecular formula is C11H11Cl3O4. The average Bonchev–Trinajstić information content (AvgIpc) is 2.29. The Hall–Kier alpha value is -0.520. The highest BCUT2D eigenvalue weighted by Gasteiger charge is 2.13. The summed E-state index contributed by atoms with van der Waals surface area (Å²) < 4.78 is 14.7. The molecule has 1 aromatic rings. The molecule has 0 unspecified atom stereocenters. The molecule has 0 spiro atoms. The zero-order valence-corrected chi connectivity index (χ0v) is 11.8. The minimum atomic E-state index is -0.600. The van der Waals surface area contributed by atoms with Crippen molar-refractivity contribution in [3.8, 4) is 5.75 Å². The van der Waals surface area contributed by atoms with Gasteiger partial charge < -0.3 is 14.2 Å². The predicted octanol–water partition coefficient (Wildman–Crippen LogP) is 3.22. The summed E-state index contributed by atoms with van der Waals surface area (Å²) >= 11 is 17.4. The van der Waals surface area contributed by atoms with Gasteiger partial charge in [-0.05, 0) is 12.1 Å². The Morgan fingerprint density at radius 3 is 2.33 bits per heavy atom.